The van der Waals surface area contributed by atoms with Crippen LogP contribution in [0.2, 0.25) is 0 Å². The highest BCUT2D eigenvalue weighted by Gasteiger charge is 2.51. The fraction of sp³-hybridized carbons (Fsp3) is 0.211. The zero-order valence-corrected chi connectivity index (χ0v) is 15.7. The second kappa shape index (κ2) is 7.29. The number of imide groups is 1. The molecule has 0 aromatic heterocycles. The zero-order valence-electron chi connectivity index (χ0n) is 14.2. The van der Waals surface area contributed by atoms with Crippen molar-refractivity contribution >= 4 is 39.5 Å². The molecular formula is C19H18BrN3O3. The number of hydrogen-bond donors (Lipinski definition) is 2. The lowest BCUT2D eigenvalue weighted by atomic mass is 9.87. The van der Waals surface area contributed by atoms with Crippen molar-refractivity contribution in [2.24, 2.45) is 0 Å². The Morgan fingerprint density at radius 1 is 1.12 bits per heavy atom. The SMILES string of the molecule is CCC1(c2ccccc2)NC(=O)N(CC(=O)Nc2ccccc2Br)C1=O. The van der Waals surface area contributed by atoms with E-state index in [1.807, 2.05) is 31.2 Å². The second-order valence-electron chi connectivity index (χ2n) is 5.97. The summed E-state index contributed by atoms with van der Waals surface area (Å²) in [7, 11) is 0. The van der Waals surface area contributed by atoms with Crippen LogP contribution in [-0.2, 0) is 15.1 Å². The van der Waals surface area contributed by atoms with E-state index in [2.05, 4.69) is 26.6 Å². The van der Waals surface area contributed by atoms with Crippen molar-refractivity contribution in [3.8, 4) is 0 Å². The van der Waals surface area contributed by atoms with E-state index >= 15 is 0 Å². The van der Waals surface area contributed by atoms with Crippen LogP contribution in [0.25, 0.3) is 0 Å². The summed E-state index contributed by atoms with van der Waals surface area (Å²) in [5.41, 5.74) is 0.148. The topological polar surface area (TPSA) is 78.5 Å². The molecule has 2 aromatic rings. The molecule has 0 bridgehead atoms. The normalized spacial score (nSPS) is 19.4. The van der Waals surface area contributed by atoms with Crippen LogP contribution in [0.5, 0.6) is 0 Å². The van der Waals surface area contributed by atoms with Crippen LogP contribution in [0.4, 0.5) is 10.5 Å². The first kappa shape index (κ1) is 18.1. The Morgan fingerprint density at radius 2 is 1.77 bits per heavy atom. The standard InChI is InChI=1S/C19H18BrN3O3/c1-2-19(13-8-4-3-5-9-13)17(25)23(18(26)22-19)12-16(24)21-15-11-7-6-10-14(15)20/h3-11H,2,12H2,1H3,(H,21,24)(H,22,26). The first-order valence-corrected chi connectivity index (χ1v) is 9.01. The van der Waals surface area contributed by atoms with Crippen molar-refractivity contribution in [2.75, 3.05) is 11.9 Å². The minimum atomic E-state index is -1.13. The van der Waals surface area contributed by atoms with Gasteiger partial charge in [-0.3, -0.25) is 14.5 Å². The highest BCUT2D eigenvalue weighted by atomic mass is 79.9. The monoisotopic (exact) mass is 415 g/mol. The Labute approximate surface area is 159 Å². The Balaban J connectivity index is 1.79. The number of nitrogens with one attached hydrogen (secondary N) is 2. The molecular weight excluding hydrogens is 398 g/mol. The van der Waals surface area contributed by atoms with Gasteiger partial charge in [-0.1, -0.05) is 49.4 Å². The summed E-state index contributed by atoms with van der Waals surface area (Å²) in [6.45, 7) is 1.48. The molecule has 6 nitrogen and oxygen atoms in total. The van der Waals surface area contributed by atoms with Crippen LogP contribution in [-0.4, -0.2) is 29.3 Å². The molecule has 1 fully saturated rings. The predicted molar refractivity (Wildman–Crippen MR) is 101 cm³/mol. The van der Waals surface area contributed by atoms with Gasteiger partial charge < -0.3 is 10.6 Å². The molecule has 1 saturated heterocycles. The number of halogens is 1. The fourth-order valence-electron chi connectivity index (χ4n) is 3.03. The van der Waals surface area contributed by atoms with Gasteiger partial charge in [-0.25, -0.2) is 4.79 Å². The quantitative estimate of drug-likeness (QED) is 0.735. The first-order chi connectivity index (χ1) is 12.5. The van der Waals surface area contributed by atoms with Crippen LogP contribution in [0.1, 0.15) is 18.9 Å². The molecule has 7 heteroatoms. The molecule has 2 N–H and O–H groups in total. The third kappa shape index (κ3) is 3.22. The zero-order chi connectivity index (χ0) is 18.7. The van der Waals surface area contributed by atoms with Crippen LogP contribution < -0.4 is 10.6 Å². The Morgan fingerprint density at radius 3 is 2.42 bits per heavy atom. The van der Waals surface area contributed by atoms with Gasteiger partial charge in [-0.2, -0.15) is 0 Å². The van der Waals surface area contributed by atoms with E-state index in [0.29, 0.717) is 17.7 Å². The smallest absolute Gasteiger partial charge is 0.324 e. The molecule has 1 unspecified atom stereocenters. The number of rotatable bonds is 5. The summed E-state index contributed by atoms with van der Waals surface area (Å²) in [6, 6.07) is 15.6. The first-order valence-electron chi connectivity index (χ1n) is 8.22. The lowest BCUT2D eigenvalue weighted by molar-refractivity contribution is -0.134. The molecule has 0 radical (unpaired) electrons. The minimum Gasteiger partial charge on any atom is -0.324 e. The minimum absolute atomic E-state index is 0.347. The number of nitrogens with zero attached hydrogens (tertiary/aromatic N) is 1. The maximum absolute atomic E-state index is 13.0. The van der Waals surface area contributed by atoms with Crippen molar-refractivity contribution in [3.05, 3.63) is 64.6 Å². The third-order valence-corrected chi connectivity index (χ3v) is 5.11. The number of anilines is 1. The van der Waals surface area contributed by atoms with E-state index in [9.17, 15) is 14.4 Å². The molecule has 4 amide bonds. The summed E-state index contributed by atoms with van der Waals surface area (Å²) in [4.78, 5) is 38.7. The number of para-hydroxylation sites is 1. The highest BCUT2D eigenvalue weighted by Crippen LogP contribution is 2.32. The number of hydrogen-bond acceptors (Lipinski definition) is 3. The van der Waals surface area contributed by atoms with Gasteiger partial charge in [0.15, 0.2) is 0 Å². The maximum Gasteiger partial charge on any atom is 0.325 e. The molecule has 1 heterocycles. The van der Waals surface area contributed by atoms with Crippen molar-refractivity contribution in [3.63, 3.8) is 0 Å². The van der Waals surface area contributed by atoms with Crippen LogP contribution in [0.3, 0.4) is 0 Å². The van der Waals surface area contributed by atoms with E-state index in [1.165, 1.54) is 0 Å². The van der Waals surface area contributed by atoms with Gasteiger partial charge in [0.2, 0.25) is 5.91 Å². The van der Waals surface area contributed by atoms with Crippen LogP contribution in [0, 0.1) is 0 Å². The van der Waals surface area contributed by atoms with E-state index in [4.69, 9.17) is 0 Å². The molecule has 26 heavy (non-hydrogen) atoms. The average Bonchev–Trinajstić information content (AvgIpc) is 2.89. The van der Waals surface area contributed by atoms with E-state index < -0.39 is 23.4 Å². The summed E-state index contributed by atoms with van der Waals surface area (Å²) < 4.78 is 0.720. The van der Waals surface area contributed by atoms with E-state index in [-0.39, 0.29) is 6.54 Å². The van der Waals surface area contributed by atoms with Gasteiger partial charge in [0.1, 0.15) is 12.1 Å². The average molecular weight is 416 g/mol. The summed E-state index contributed by atoms with van der Waals surface area (Å²) in [6.07, 6.45) is 0.393. The summed E-state index contributed by atoms with van der Waals surface area (Å²) in [5.74, 6) is -0.862. The van der Waals surface area contributed by atoms with Gasteiger partial charge in [-0.05, 0) is 40.0 Å². The largest absolute Gasteiger partial charge is 0.325 e. The molecule has 1 aliphatic heterocycles. The Hall–Kier alpha value is -2.67. The predicted octanol–water partition coefficient (Wildman–Crippen LogP) is 3.24. The molecule has 1 atom stereocenters. The van der Waals surface area contributed by atoms with E-state index in [1.54, 1.807) is 30.3 Å². The van der Waals surface area contributed by atoms with Gasteiger partial charge in [0, 0.05) is 4.47 Å². The van der Waals surface area contributed by atoms with Crippen molar-refractivity contribution < 1.29 is 14.4 Å². The number of benzene rings is 2. The molecule has 2 aromatic carbocycles. The Kier molecular flexibility index (Phi) is 5.08. The van der Waals surface area contributed by atoms with Crippen LogP contribution >= 0.6 is 15.9 Å². The third-order valence-electron chi connectivity index (χ3n) is 4.42. The molecule has 1 aliphatic rings. The van der Waals surface area contributed by atoms with E-state index in [0.717, 1.165) is 9.37 Å². The van der Waals surface area contributed by atoms with Crippen molar-refractivity contribution in [1.29, 1.82) is 0 Å². The number of carbonyl (C=O) groups is 3. The molecule has 3 rings (SSSR count). The van der Waals surface area contributed by atoms with Crippen molar-refractivity contribution in [2.45, 2.75) is 18.9 Å². The van der Waals surface area contributed by atoms with Gasteiger partial charge >= 0.3 is 6.03 Å². The Bertz CT molecular complexity index is 856. The summed E-state index contributed by atoms with van der Waals surface area (Å²) >= 11 is 3.35. The molecule has 134 valence electrons. The molecule has 0 saturated carbocycles. The summed E-state index contributed by atoms with van der Waals surface area (Å²) in [5, 5.41) is 5.47. The molecule has 0 aliphatic carbocycles. The molecule has 0 spiro atoms. The van der Waals surface area contributed by atoms with Crippen molar-refractivity contribution in [1.82, 2.24) is 10.2 Å². The highest BCUT2D eigenvalue weighted by molar-refractivity contribution is 9.10. The van der Waals surface area contributed by atoms with Crippen LogP contribution in [0.15, 0.2) is 59.1 Å². The lowest BCUT2D eigenvalue weighted by Crippen LogP contribution is -2.44. The number of amides is 4. The lowest BCUT2D eigenvalue weighted by Gasteiger charge is -2.25. The maximum atomic E-state index is 13.0. The number of carbonyl (C=O) groups excluding carboxylic acids is 3. The second-order valence-corrected chi connectivity index (χ2v) is 6.83. The van der Waals surface area contributed by atoms with Gasteiger partial charge in [-0.15, -0.1) is 0 Å². The van der Waals surface area contributed by atoms with Gasteiger partial charge in [0.25, 0.3) is 5.91 Å². The fourth-order valence-corrected chi connectivity index (χ4v) is 3.41. The number of urea groups is 1. The van der Waals surface area contributed by atoms with Gasteiger partial charge in [0.05, 0.1) is 5.69 Å².